The van der Waals surface area contributed by atoms with Gasteiger partial charge in [0.05, 0.1) is 12.0 Å². The fourth-order valence-corrected chi connectivity index (χ4v) is 1.06. The highest BCUT2D eigenvalue weighted by atomic mass is 16.4. The van der Waals surface area contributed by atoms with E-state index < -0.39 is 5.97 Å². The van der Waals surface area contributed by atoms with E-state index in [0.29, 0.717) is 13.0 Å². The number of carboxylic acids is 1. The molecule has 56 valence electrons. The molecule has 0 bridgehead atoms. The number of rotatable bonds is 2. The highest BCUT2D eigenvalue weighted by molar-refractivity contribution is 5.72. The molecular weight excluding hydrogens is 134 g/mol. The minimum atomic E-state index is -0.822. The van der Waals surface area contributed by atoms with Gasteiger partial charge < -0.3 is 15.2 Å². The third-order valence-electron chi connectivity index (χ3n) is 1.68. The average Bonchev–Trinajstić information content (AvgIpc) is 2.34. The lowest BCUT2D eigenvalue weighted by molar-refractivity contribution is -0.141. The molecule has 2 unspecified atom stereocenters. The van der Waals surface area contributed by atoms with Crippen LogP contribution in [0.2, 0.25) is 0 Å². The van der Waals surface area contributed by atoms with Gasteiger partial charge in [-0.3, -0.25) is 4.79 Å². The van der Waals surface area contributed by atoms with E-state index in [4.69, 9.17) is 5.11 Å². The van der Waals surface area contributed by atoms with Crippen molar-refractivity contribution in [1.82, 2.24) is 5.32 Å². The van der Waals surface area contributed by atoms with Crippen LogP contribution in [-0.4, -0.2) is 29.9 Å². The SMILES string of the molecule is O=CC1CC(C(=O)O)CN1. The van der Waals surface area contributed by atoms with Crippen LogP contribution in [0.3, 0.4) is 0 Å². The summed E-state index contributed by atoms with van der Waals surface area (Å²) in [5.74, 6) is -1.20. The van der Waals surface area contributed by atoms with E-state index in [1.807, 2.05) is 0 Å². The van der Waals surface area contributed by atoms with Crippen molar-refractivity contribution in [1.29, 1.82) is 0 Å². The van der Waals surface area contributed by atoms with E-state index in [-0.39, 0.29) is 12.0 Å². The molecule has 0 spiro atoms. The first kappa shape index (κ1) is 7.21. The molecule has 1 aliphatic heterocycles. The van der Waals surface area contributed by atoms with Crippen LogP contribution in [-0.2, 0) is 9.59 Å². The molecule has 10 heavy (non-hydrogen) atoms. The quantitative estimate of drug-likeness (QED) is 0.499. The van der Waals surface area contributed by atoms with Crippen LogP contribution in [0.5, 0.6) is 0 Å². The van der Waals surface area contributed by atoms with Gasteiger partial charge in [0.2, 0.25) is 0 Å². The van der Waals surface area contributed by atoms with Crippen molar-refractivity contribution in [3.63, 3.8) is 0 Å². The second-order valence-electron chi connectivity index (χ2n) is 2.42. The maximum atomic E-state index is 10.3. The van der Waals surface area contributed by atoms with Crippen LogP contribution in [0, 0.1) is 5.92 Å². The molecule has 4 heteroatoms. The van der Waals surface area contributed by atoms with Crippen molar-refractivity contribution in [3.8, 4) is 0 Å². The number of aliphatic carboxylic acids is 1. The third-order valence-corrected chi connectivity index (χ3v) is 1.68. The predicted molar refractivity (Wildman–Crippen MR) is 33.6 cm³/mol. The Balaban J connectivity index is 2.42. The Kier molecular flexibility index (Phi) is 2.01. The van der Waals surface area contributed by atoms with Gasteiger partial charge in [-0.05, 0) is 6.42 Å². The van der Waals surface area contributed by atoms with E-state index in [1.54, 1.807) is 0 Å². The molecule has 2 atom stereocenters. The molecule has 2 N–H and O–H groups in total. The molecule has 0 radical (unpaired) electrons. The van der Waals surface area contributed by atoms with Crippen molar-refractivity contribution < 1.29 is 14.7 Å². The van der Waals surface area contributed by atoms with Crippen molar-refractivity contribution in [2.24, 2.45) is 5.92 Å². The maximum absolute atomic E-state index is 10.3. The maximum Gasteiger partial charge on any atom is 0.307 e. The Morgan fingerprint density at radius 1 is 1.70 bits per heavy atom. The number of carboxylic acid groups (broad SMARTS) is 1. The van der Waals surface area contributed by atoms with Gasteiger partial charge in [0, 0.05) is 6.54 Å². The normalized spacial score (nSPS) is 32.0. The van der Waals surface area contributed by atoms with Crippen molar-refractivity contribution in [2.45, 2.75) is 12.5 Å². The van der Waals surface area contributed by atoms with Crippen LogP contribution >= 0.6 is 0 Å². The second-order valence-corrected chi connectivity index (χ2v) is 2.42. The molecule has 1 rings (SSSR count). The minimum Gasteiger partial charge on any atom is -0.481 e. The molecule has 0 saturated carbocycles. The minimum absolute atomic E-state index is 0.249. The van der Waals surface area contributed by atoms with Gasteiger partial charge in [-0.1, -0.05) is 0 Å². The fourth-order valence-electron chi connectivity index (χ4n) is 1.06. The van der Waals surface area contributed by atoms with E-state index in [9.17, 15) is 9.59 Å². The van der Waals surface area contributed by atoms with Gasteiger partial charge in [-0.2, -0.15) is 0 Å². The van der Waals surface area contributed by atoms with Crippen LogP contribution in [0.1, 0.15) is 6.42 Å². The highest BCUT2D eigenvalue weighted by Crippen LogP contribution is 2.11. The summed E-state index contributed by atoms with van der Waals surface area (Å²) in [4.78, 5) is 20.4. The molecule has 0 aromatic carbocycles. The molecule has 1 fully saturated rings. The van der Waals surface area contributed by atoms with Gasteiger partial charge in [0.15, 0.2) is 0 Å². The van der Waals surface area contributed by atoms with Crippen LogP contribution in [0.4, 0.5) is 0 Å². The van der Waals surface area contributed by atoms with Gasteiger partial charge in [0.1, 0.15) is 6.29 Å². The Labute approximate surface area is 58.2 Å². The van der Waals surface area contributed by atoms with Gasteiger partial charge in [0.25, 0.3) is 0 Å². The molecule has 1 saturated heterocycles. The van der Waals surface area contributed by atoms with Crippen molar-refractivity contribution in [2.75, 3.05) is 6.54 Å². The standard InChI is InChI=1S/C6H9NO3/c8-3-5-1-4(2-7-5)6(9)10/h3-5,7H,1-2H2,(H,9,10). The van der Waals surface area contributed by atoms with E-state index >= 15 is 0 Å². The summed E-state index contributed by atoms with van der Waals surface area (Å²) >= 11 is 0. The number of nitrogens with one attached hydrogen (secondary N) is 1. The smallest absolute Gasteiger partial charge is 0.307 e. The predicted octanol–water partition coefficient (Wildman–Crippen LogP) is -0.752. The lowest BCUT2D eigenvalue weighted by Crippen LogP contribution is -2.22. The largest absolute Gasteiger partial charge is 0.481 e. The molecule has 1 heterocycles. The first-order valence-electron chi connectivity index (χ1n) is 3.15. The van der Waals surface area contributed by atoms with Crippen LogP contribution in [0.15, 0.2) is 0 Å². The summed E-state index contributed by atoms with van der Waals surface area (Å²) in [5.41, 5.74) is 0. The monoisotopic (exact) mass is 143 g/mol. The molecule has 1 aliphatic rings. The Morgan fingerprint density at radius 3 is 2.70 bits per heavy atom. The third kappa shape index (κ3) is 1.33. The zero-order chi connectivity index (χ0) is 7.56. The molecular formula is C6H9NO3. The summed E-state index contributed by atoms with van der Waals surface area (Å²) in [7, 11) is 0. The van der Waals surface area contributed by atoms with E-state index in [2.05, 4.69) is 5.32 Å². The Morgan fingerprint density at radius 2 is 2.40 bits per heavy atom. The average molecular weight is 143 g/mol. The number of hydrogen-bond donors (Lipinski definition) is 2. The van der Waals surface area contributed by atoms with Gasteiger partial charge in [-0.15, -0.1) is 0 Å². The lowest BCUT2D eigenvalue weighted by atomic mass is 10.1. The summed E-state index contributed by atoms with van der Waals surface area (Å²) in [6.45, 7) is 0.415. The molecule has 0 aliphatic carbocycles. The summed E-state index contributed by atoms with van der Waals surface area (Å²) in [5, 5.41) is 11.3. The van der Waals surface area contributed by atoms with Gasteiger partial charge in [-0.25, -0.2) is 0 Å². The molecule has 0 amide bonds. The van der Waals surface area contributed by atoms with Crippen molar-refractivity contribution in [3.05, 3.63) is 0 Å². The summed E-state index contributed by atoms with van der Waals surface area (Å²) in [6, 6.07) is -0.249. The first-order valence-corrected chi connectivity index (χ1v) is 3.15. The van der Waals surface area contributed by atoms with Crippen LogP contribution < -0.4 is 5.32 Å². The van der Waals surface area contributed by atoms with Crippen LogP contribution in [0.25, 0.3) is 0 Å². The van der Waals surface area contributed by atoms with E-state index in [0.717, 1.165) is 6.29 Å². The summed E-state index contributed by atoms with van der Waals surface area (Å²) in [6.07, 6.45) is 1.18. The Bertz CT molecular complexity index is 157. The first-order chi connectivity index (χ1) is 4.74. The number of hydrogen-bond acceptors (Lipinski definition) is 3. The molecule has 0 aromatic rings. The molecule has 0 aromatic heterocycles. The number of aldehydes is 1. The van der Waals surface area contributed by atoms with Gasteiger partial charge >= 0.3 is 5.97 Å². The lowest BCUT2D eigenvalue weighted by Gasteiger charge is -1.97. The Hall–Kier alpha value is -0.900. The topological polar surface area (TPSA) is 66.4 Å². The second kappa shape index (κ2) is 2.79. The zero-order valence-corrected chi connectivity index (χ0v) is 5.41. The summed E-state index contributed by atoms with van der Waals surface area (Å²) < 4.78 is 0. The molecule has 4 nitrogen and oxygen atoms in total. The van der Waals surface area contributed by atoms with E-state index in [1.165, 1.54) is 0 Å². The fraction of sp³-hybridized carbons (Fsp3) is 0.667. The van der Waals surface area contributed by atoms with Crippen molar-refractivity contribution >= 4 is 12.3 Å². The highest BCUT2D eigenvalue weighted by Gasteiger charge is 2.28. The zero-order valence-electron chi connectivity index (χ0n) is 5.41. The number of carbonyl (C=O) groups excluding carboxylic acids is 1. The number of carbonyl (C=O) groups is 2.